The quantitative estimate of drug-likeness (QED) is 0.349. The van der Waals surface area contributed by atoms with Gasteiger partial charge in [0, 0.05) is 47.7 Å². The van der Waals surface area contributed by atoms with Gasteiger partial charge in [0.1, 0.15) is 12.1 Å². The highest BCUT2D eigenvalue weighted by Gasteiger charge is 2.51. The summed E-state index contributed by atoms with van der Waals surface area (Å²) in [7, 11) is -5.75. The largest absolute Gasteiger partial charge is 0.399 e. The SMILES string of the molecule is CC1C[C@H]2CC[C@@H](C(=O)N3CC(c4cccnc4)C3)N2C(=O)[C@@H](NC(=O)c2cc3cc(C(F)(F)P(=O)(O)O)ccc3s2)C1. The van der Waals surface area contributed by atoms with Gasteiger partial charge in [0.25, 0.3) is 5.91 Å². The van der Waals surface area contributed by atoms with Crippen LogP contribution in [0.2, 0.25) is 0 Å². The van der Waals surface area contributed by atoms with Crippen LogP contribution in [-0.2, 0) is 19.8 Å². The van der Waals surface area contributed by atoms with E-state index in [-0.39, 0.29) is 40.0 Å². The van der Waals surface area contributed by atoms with E-state index in [9.17, 15) is 27.7 Å². The highest BCUT2D eigenvalue weighted by molar-refractivity contribution is 7.52. The number of amides is 3. The first-order chi connectivity index (χ1) is 20.3. The minimum absolute atomic E-state index is 0.0805. The number of nitrogens with one attached hydrogen (secondary N) is 1. The van der Waals surface area contributed by atoms with E-state index in [1.807, 2.05) is 19.1 Å². The summed E-state index contributed by atoms with van der Waals surface area (Å²) in [5, 5.41) is 3.05. The van der Waals surface area contributed by atoms with E-state index in [1.165, 1.54) is 12.1 Å². The predicted octanol–water partition coefficient (Wildman–Crippen LogP) is 4.04. The van der Waals surface area contributed by atoms with Crippen molar-refractivity contribution >= 4 is 46.7 Å². The Hall–Kier alpha value is -3.25. The minimum Gasteiger partial charge on any atom is -0.340 e. The summed E-state index contributed by atoms with van der Waals surface area (Å²) >= 11 is 1.02. The molecule has 6 rings (SSSR count). The smallest absolute Gasteiger partial charge is 0.340 e. The molecule has 1 aromatic carbocycles. The van der Waals surface area contributed by atoms with Gasteiger partial charge in [-0.3, -0.25) is 23.9 Å². The molecule has 4 atom stereocenters. The first-order valence-corrected chi connectivity index (χ1v) is 16.6. The number of pyridine rings is 1. The number of hydrogen-bond donors (Lipinski definition) is 3. The molecule has 3 N–H and O–H groups in total. The lowest BCUT2D eigenvalue weighted by Crippen LogP contribution is -2.58. The molecule has 0 spiro atoms. The predicted molar refractivity (Wildman–Crippen MR) is 155 cm³/mol. The maximum Gasteiger partial charge on any atom is 0.399 e. The van der Waals surface area contributed by atoms with Crippen LogP contribution < -0.4 is 5.32 Å². The molecular formula is C29H31F2N4O6PS. The summed E-state index contributed by atoms with van der Waals surface area (Å²) in [6.45, 7) is 3.15. The van der Waals surface area contributed by atoms with Crippen LogP contribution in [0.5, 0.6) is 0 Å². The molecule has 3 aliphatic rings. The topological polar surface area (TPSA) is 140 Å². The fraction of sp³-hybridized carbons (Fsp3) is 0.448. The van der Waals surface area contributed by atoms with E-state index < -0.39 is 36.8 Å². The first kappa shape index (κ1) is 29.8. The van der Waals surface area contributed by atoms with E-state index in [0.29, 0.717) is 37.1 Å². The minimum atomic E-state index is -5.75. The molecule has 10 nitrogen and oxygen atoms in total. The third kappa shape index (κ3) is 5.48. The number of hydrogen-bond acceptors (Lipinski definition) is 6. The standard InChI is InChI=1S/C29H31F2N4O6PS/c1-16-9-21-5-6-23(28(38)34-14-19(15-34)17-3-2-8-32-13-17)35(21)27(37)22(10-16)33-26(36)25-12-18-11-20(4-7-24(18)43-25)29(30,31)42(39,40)41/h2-4,7-8,11-13,16,19,21-23H,5-6,9-10,14-15H2,1H3,(H,33,36)(H2,39,40,41)/t16?,21-,22+,23+/m1/s1. The number of carbonyl (C=O) groups excluding carboxylic acids is 3. The van der Waals surface area contributed by atoms with Gasteiger partial charge in [-0.15, -0.1) is 11.3 Å². The Labute approximate surface area is 250 Å². The zero-order chi connectivity index (χ0) is 30.7. The van der Waals surface area contributed by atoms with Crippen molar-refractivity contribution < 1.29 is 37.5 Å². The third-order valence-electron chi connectivity index (χ3n) is 8.76. The van der Waals surface area contributed by atoms with Crippen LogP contribution in [-0.4, -0.2) is 73.5 Å². The number of rotatable bonds is 6. The Balaban J connectivity index is 1.17. The molecule has 0 saturated carbocycles. The zero-order valence-corrected chi connectivity index (χ0v) is 24.9. The van der Waals surface area contributed by atoms with Crippen molar-refractivity contribution in [1.82, 2.24) is 20.1 Å². The number of alkyl halides is 2. The molecule has 0 bridgehead atoms. The van der Waals surface area contributed by atoms with Crippen molar-refractivity contribution in [2.24, 2.45) is 5.92 Å². The maximum atomic E-state index is 14.2. The van der Waals surface area contributed by atoms with Gasteiger partial charge in [0.05, 0.1) is 4.88 Å². The average molecular weight is 633 g/mol. The fourth-order valence-electron chi connectivity index (χ4n) is 6.49. The number of aromatic nitrogens is 1. The Morgan fingerprint density at radius 3 is 2.60 bits per heavy atom. The number of halogens is 2. The third-order valence-corrected chi connectivity index (χ3v) is 10.9. The van der Waals surface area contributed by atoms with E-state index in [2.05, 4.69) is 10.3 Å². The van der Waals surface area contributed by atoms with Crippen molar-refractivity contribution in [2.45, 2.75) is 62.3 Å². The summed E-state index contributed by atoms with van der Waals surface area (Å²) in [6.07, 6.45) is 5.91. The first-order valence-electron chi connectivity index (χ1n) is 14.1. The van der Waals surface area contributed by atoms with Gasteiger partial charge >= 0.3 is 13.3 Å². The second kappa shape index (κ2) is 11.0. The Bertz CT molecular complexity index is 1630. The van der Waals surface area contributed by atoms with Crippen molar-refractivity contribution in [1.29, 1.82) is 0 Å². The van der Waals surface area contributed by atoms with E-state index >= 15 is 0 Å². The van der Waals surface area contributed by atoms with Gasteiger partial charge < -0.3 is 24.9 Å². The summed E-state index contributed by atoms with van der Waals surface area (Å²) in [5.74, 6) is -0.618. The van der Waals surface area contributed by atoms with Crippen molar-refractivity contribution in [3.63, 3.8) is 0 Å². The van der Waals surface area contributed by atoms with Crippen molar-refractivity contribution in [3.8, 4) is 0 Å². The summed E-state index contributed by atoms with van der Waals surface area (Å²) in [6, 6.07) is 6.86. The molecule has 0 aliphatic carbocycles. The number of thiophene rings is 1. The van der Waals surface area contributed by atoms with Crippen molar-refractivity contribution in [2.75, 3.05) is 13.1 Å². The zero-order valence-electron chi connectivity index (χ0n) is 23.2. The normalized spacial score (nSPS) is 24.9. The molecule has 3 amide bonds. The second-order valence-corrected chi connectivity index (χ2v) is 14.5. The van der Waals surface area contributed by atoms with Crippen LogP contribution in [0, 0.1) is 5.92 Å². The summed E-state index contributed by atoms with van der Waals surface area (Å²) in [4.78, 5) is 66.6. The van der Waals surface area contributed by atoms with Crippen LogP contribution in [0.1, 0.15) is 59.3 Å². The van der Waals surface area contributed by atoms with Gasteiger partial charge in [-0.1, -0.05) is 19.1 Å². The monoisotopic (exact) mass is 632 g/mol. The van der Waals surface area contributed by atoms with Crippen LogP contribution in [0.3, 0.4) is 0 Å². The van der Waals surface area contributed by atoms with Crippen molar-refractivity contribution in [3.05, 3.63) is 64.8 Å². The Morgan fingerprint density at radius 1 is 1.14 bits per heavy atom. The molecule has 3 aromatic rings. The molecule has 3 aliphatic heterocycles. The highest BCUT2D eigenvalue weighted by Crippen LogP contribution is 2.59. The lowest BCUT2D eigenvalue weighted by molar-refractivity contribution is -0.148. The van der Waals surface area contributed by atoms with E-state index in [4.69, 9.17) is 9.79 Å². The average Bonchev–Trinajstić information content (AvgIpc) is 3.52. The molecule has 43 heavy (non-hydrogen) atoms. The van der Waals surface area contributed by atoms with Crippen LogP contribution >= 0.6 is 18.9 Å². The van der Waals surface area contributed by atoms with Crippen LogP contribution in [0.15, 0.2) is 48.8 Å². The number of fused-ring (bicyclic) bond motifs is 2. The number of benzene rings is 1. The number of likely N-dealkylation sites (tertiary alicyclic amines) is 1. The molecular weight excluding hydrogens is 601 g/mol. The Morgan fingerprint density at radius 2 is 1.91 bits per heavy atom. The molecule has 0 radical (unpaired) electrons. The van der Waals surface area contributed by atoms with Gasteiger partial charge in [0.15, 0.2) is 0 Å². The molecule has 2 aromatic heterocycles. The van der Waals surface area contributed by atoms with Crippen LogP contribution in [0.4, 0.5) is 8.78 Å². The van der Waals surface area contributed by atoms with E-state index in [1.54, 1.807) is 22.2 Å². The van der Waals surface area contributed by atoms with Gasteiger partial charge in [-0.05, 0) is 66.8 Å². The Kier molecular flexibility index (Phi) is 7.65. The van der Waals surface area contributed by atoms with E-state index in [0.717, 1.165) is 35.5 Å². The second-order valence-electron chi connectivity index (χ2n) is 11.8. The lowest BCUT2D eigenvalue weighted by Gasteiger charge is -2.42. The van der Waals surface area contributed by atoms with Gasteiger partial charge in [0.2, 0.25) is 11.8 Å². The number of nitrogens with zero attached hydrogens (tertiary/aromatic N) is 3. The molecule has 5 heterocycles. The molecule has 228 valence electrons. The van der Waals surface area contributed by atoms with Gasteiger partial charge in [-0.2, -0.15) is 8.78 Å². The molecule has 3 fully saturated rings. The fourth-order valence-corrected chi connectivity index (χ4v) is 7.91. The number of carbonyl (C=O) groups is 3. The summed E-state index contributed by atoms with van der Waals surface area (Å²) in [5.41, 5.74) is -4.15. The molecule has 1 unspecified atom stereocenters. The summed E-state index contributed by atoms with van der Waals surface area (Å²) < 4.78 is 40.3. The van der Waals surface area contributed by atoms with Crippen LogP contribution in [0.25, 0.3) is 10.1 Å². The lowest BCUT2D eigenvalue weighted by atomic mass is 9.91. The van der Waals surface area contributed by atoms with Gasteiger partial charge in [-0.25, -0.2) is 0 Å². The molecule has 14 heteroatoms. The maximum absolute atomic E-state index is 14.2. The highest BCUT2D eigenvalue weighted by atomic mass is 32.1. The molecule has 3 saturated heterocycles.